The first-order chi connectivity index (χ1) is 8.01. The number of aliphatic hydroxyl groups is 4. The first kappa shape index (κ1) is 14.8. The molecule has 7 heteroatoms. The molecule has 0 amide bonds. The lowest BCUT2D eigenvalue weighted by molar-refractivity contribution is -0.320. The molecule has 0 bridgehead atoms. The van der Waals surface area contributed by atoms with Gasteiger partial charge in [0, 0.05) is 6.61 Å². The Hall–Kier alpha value is -0.280. The highest BCUT2D eigenvalue weighted by Gasteiger charge is 2.45. The van der Waals surface area contributed by atoms with Crippen LogP contribution in [-0.2, 0) is 14.2 Å². The maximum Gasteiger partial charge on any atom is 0.184 e. The molecule has 1 fully saturated rings. The first-order valence-corrected chi connectivity index (χ1v) is 5.58. The van der Waals surface area contributed by atoms with Crippen molar-refractivity contribution in [2.45, 2.75) is 50.8 Å². The van der Waals surface area contributed by atoms with Crippen LogP contribution in [0, 0.1) is 0 Å². The van der Waals surface area contributed by atoms with E-state index in [1.807, 2.05) is 0 Å². The van der Waals surface area contributed by atoms with Gasteiger partial charge in [-0.3, -0.25) is 0 Å². The van der Waals surface area contributed by atoms with Crippen LogP contribution >= 0.6 is 0 Å². The van der Waals surface area contributed by atoms with E-state index < -0.39 is 43.6 Å². The van der Waals surface area contributed by atoms with Gasteiger partial charge in [-0.15, -0.1) is 0 Å². The van der Waals surface area contributed by atoms with Crippen molar-refractivity contribution in [1.82, 2.24) is 0 Å². The van der Waals surface area contributed by atoms with Gasteiger partial charge in [-0.2, -0.15) is 0 Å². The minimum atomic E-state index is -1.42. The fourth-order valence-corrected chi connectivity index (χ4v) is 1.71. The van der Waals surface area contributed by atoms with Crippen LogP contribution in [0.5, 0.6) is 0 Å². The smallest absolute Gasteiger partial charge is 0.184 e. The van der Waals surface area contributed by atoms with E-state index in [1.165, 1.54) is 0 Å². The van der Waals surface area contributed by atoms with E-state index in [2.05, 4.69) is 0 Å². The highest BCUT2D eigenvalue weighted by atomic mass is 16.7. The summed E-state index contributed by atoms with van der Waals surface area (Å²) >= 11 is 0. The lowest BCUT2D eigenvalue weighted by Gasteiger charge is -2.40. The summed E-state index contributed by atoms with van der Waals surface area (Å²) in [6.07, 6.45) is -6.87. The molecule has 0 aromatic heterocycles. The second-order valence-corrected chi connectivity index (χ2v) is 3.85. The highest BCUT2D eigenvalue weighted by Crippen LogP contribution is 2.23. The molecule has 0 aromatic carbocycles. The fraction of sp³-hybridized carbons (Fsp3) is 1.00. The van der Waals surface area contributed by atoms with Crippen LogP contribution < -0.4 is 0 Å². The summed E-state index contributed by atoms with van der Waals surface area (Å²) in [5, 5.41) is 37.8. The van der Waals surface area contributed by atoms with Gasteiger partial charge < -0.3 is 34.6 Å². The van der Waals surface area contributed by atoms with E-state index in [4.69, 9.17) is 19.3 Å². The van der Waals surface area contributed by atoms with Crippen LogP contribution in [0.2, 0.25) is 0 Å². The fourth-order valence-electron chi connectivity index (χ4n) is 1.71. The predicted octanol–water partition coefficient (Wildman–Crippen LogP) is -1.81. The Morgan fingerprint density at radius 1 is 1.24 bits per heavy atom. The van der Waals surface area contributed by atoms with Crippen molar-refractivity contribution in [1.29, 1.82) is 0 Å². The van der Waals surface area contributed by atoms with E-state index in [9.17, 15) is 15.3 Å². The normalized spacial score (nSPS) is 40.2. The number of ether oxygens (including phenoxy) is 3. The molecule has 1 rings (SSSR count). The zero-order valence-corrected chi connectivity index (χ0v) is 9.89. The molecule has 0 aliphatic carbocycles. The SMILES string of the molecule is CCOC(C)O[C@H]1C(O)O[C@H](CO)[C@@H](O)[C@@H]1O. The van der Waals surface area contributed by atoms with Crippen LogP contribution in [0.15, 0.2) is 0 Å². The van der Waals surface area contributed by atoms with Crippen molar-refractivity contribution < 1.29 is 34.6 Å². The average molecular weight is 252 g/mol. The molecular formula is C10H20O7. The summed E-state index contributed by atoms with van der Waals surface area (Å²) in [5.41, 5.74) is 0. The molecule has 1 saturated heterocycles. The Balaban J connectivity index is 2.59. The average Bonchev–Trinajstić information content (AvgIpc) is 2.29. The Morgan fingerprint density at radius 3 is 2.41 bits per heavy atom. The monoisotopic (exact) mass is 252 g/mol. The number of hydrogen-bond donors (Lipinski definition) is 4. The van der Waals surface area contributed by atoms with Gasteiger partial charge >= 0.3 is 0 Å². The third-order valence-electron chi connectivity index (χ3n) is 2.59. The van der Waals surface area contributed by atoms with Crippen LogP contribution in [0.3, 0.4) is 0 Å². The molecule has 7 nitrogen and oxygen atoms in total. The van der Waals surface area contributed by atoms with Crippen molar-refractivity contribution in [3.8, 4) is 0 Å². The minimum Gasteiger partial charge on any atom is -0.394 e. The Bertz CT molecular complexity index is 225. The lowest BCUT2D eigenvalue weighted by atomic mass is 9.99. The third kappa shape index (κ3) is 3.59. The molecule has 6 atom stereocenters. The zero-order chi connectivity index (χ0) is 13.0. The second kappa shape index (κ2) is 6.60. The molecule has 1 aliphatic heterocycles. The van der Waals surface area contributed by atoms with Gasteiger partial charge in [0.2, 0.25) is 0 Å². The Labute approximate surface area is 99.5 Å². The predicted molar refractivity (Wildman–Crippen MR) is 55.9 cm³/mol. The van der Waals surface area contributed by atoms with Crippen molar-refractivity contribution >= 4 is 0 Å². The Kier molecular flexibility index (Phi) is 5.74. The Morgan fingerprint density at radius 2 is 1.88 bits per heavy atom. The van der Waals surface area contributed by atoms with Crippen LogP contribution in [0.1, 0.15) is 13.8 Å². The molecule has 0 saturated carbocycles. The van der Waals surface area contributed by atoms with Gasteiger partial charge in [-0.1, -0.05) is 0 Å². The molecule has 1 heterocycles. The van der Waals surface area contributed by atoms with Crippen molar-refractivity contribution in [3.63, 3.8) is 0 Å². The minimum absolute atomic E-state index is 0.419. The molecule has 0 radical (unpaired) electrons. The lowest BCUT2D eigenvalue weighted by Crippen LogP contribution is -2.60. The van der Waals surface area contributed by atoms with E-state index in [-0.39, 0.29) is 0 Å². The van der Waals surface area contributed by atoms with Gasteiger partial charge in [0.1, 0.15) is 24.4 Å². The summed E-state index contributed by atoms with van der Waals surface area (Å²) in [4.78, 5) is 0. The largest absolute Gasteiger partial charge is 0.394 e. The van der Waals surface area contributed by atoms with Crippen LogP contribution in [-0.4, -0.2) is 70.6 Å². The summed E-state index contributed by atoms with van der Waals surface area (Å²) < 4.78 is 15.3. The molecule has 17 heavy (non-hydrogen) atoms. The van der Waals surface area contributed by atoms with E-state index in [1.54, 1.807) is 13.8 Å². The quantitative estimate of drug-likeness (QED) is 0.427. The topological polar surface area (TPSA) is 109 Å². The van der Waals surface area contributed by atoms with Crippen molar-refractivity contribution in [2.24, 2.45) is 0 Å². The number of rotatable bonds is 5. The summed E-state index contributed by atoms with van der Waals surface area (Å²) in [5.74, 6) is 0. The molecular weight excluding hydrogens is 232 g/mol. The number of aliphatic hydroxyl groups excluding tert-OH is 4. The third-order valence-corrected chi connectivity index (χ3v) is 2.59. The molecule has 102 valence electrons. The maximum absolute atomic E-state index is 9.74. The van der Waals surface area contributed by atoms with Gasteiger partial charge in [0.15, 0.2) is 12.6 Å². The van der Waals surface area contributed by atoms with Gasteiger partial charge in [0.25, 0.3) is 0 Å². The maximum atomic E-state index is 9.74. The van der Waals surface area contributed by atoms with E-state index >= 15 is 0 Å². The molecule has 0 aromatic rings. The van der Waals surface area contributed by atoms with Gasteiger partial charge in [-0.05, 0) is 13.8 Å². The van der Waals surface area contributed by atoms with Crippen LogP contribution in [0.25, 0.3) is 0 Å². The van der Waals surface area contributed by atoms with Crippen molar-refractivity contribution in [3.05, 3.63) is 0 Å². The van der Waals surface area contributed by atoms with Gasteiger partial charge in [0.05, 0.1) is 6.61 Å². The number of hydrogen-bond acceptors (Lipinski definition) is 7. The van der Waals surface area contributed by atoms with Crippen molar-refractivity contribution in [2.75, 3.05) is 13.2 Å². The molecule has 4 N–H and O–H groups in total. The van der Waals surface area contributed by atoms with Gasteiger partial charge in [-0.25, -0.2) is 0 Å². The molecule has 1 aliphatic rings. The van der Waals surface area contributed by atoms with Crippen LogP contribution in [0.4, 0.5) is 0 Å². The molecule has 2 unspecified atom stereocenters. The summed E-state index contributed by atoms with van der Waals surface area (Å²) in [7, 11) is 0. The molecule has 0 spiro atoms. The highest BCUT2D eigenvalue weighted by molar-refractivity contribution is 4.89. The zero-order valence-electron chi connectivity index (χ0n) is 9.89. The summed E-state index contributed by atoms with van der Waals surface area (Å²) in [6, 6.07) is 0. The standard InChI is InChI=1S/C10H20O7/c1-3-15-5(2)16-9-8(13)7(12)6(4-11)17-10(9)14/h5-14H,3-4H2,1-2H3/t5?,6-,7-,8+,9-,10?/m1/s1. The van der Waals surface area contributed by atoms with E-state index in [0.717, 1.165) is 0 Å². The first-order valence-electron chi connectivity index (χ1n) is 5.58. The summed E-state index contributed by atoms with van der Waals surface area (Å²) in [6.45, 7) is 3.31. The van der Waals surface area contributed by atoms with E-state index in [0.29, 0.717) is 6.61 Å². The second-order valence-electron chi connectivity index (χ2n) is 3.85.